The summed E-state index contributed by atoms with van der Waals surface area (Å²) in [7, 11) is 0. The van der Waals surface area contributed by atoms with E-state index in [9.17, 15) is 9.59 Å². The summed E-state index contributed by atoms with van der Waals surface area (Å²) < 4.78 is 5.70. The predicted molar refractivity (Wildman–Crippen MR) is 126 cm³/mol. The third kappa shape index (κ3) is 4.99. The molecule has 1 fully saturated rings. The highest BCUT2D eigenvalue weighted by molar-refractivity contribution is 7.13. The van der Waals surface area contributed by atoms with Crippen LogP contribution in [0.3, 0.4) is 0 Å². The average molecular weight is 450 g/mol. The monoisotopic (exact) mass is 449 g/mol. The van der Waals surface area contributed by atoms with Crippen LogP contribution in [0.25, 0.3) is 10.6 Å². The standard InChI is InChI=1S/C25H27N3O3S/c1-3-31-22-7-5-4-6-21(22)24-26-20(17-32-24)16-23(29)27-12-14-28(15-13-27)25(30)19-10-8-18(2)9-11-19/h4-11,17H,3,12-16H2,1-2H3. The highest BCUT2D eigenvalue weighted by Gasteiger charge is 2.25. The SMILES string of the molecule is CCOc1ccccc1-c1nc(CC(=O)N2CCN(C(=O)c3ccc(C)cc3)CC2)cs1. The number of benzene rings is 2. The highest BCUT2D eigenvalue weighted by Crippen LogP contribution is 2.32. The summed E-state index contributed by atoms with van der Waals surface area (Å²) in [6.45, 7) is 6.72. The Labute approximate surface area is 192 Å². The number of carbonyl (C=O) groups excluding carboxylic acids is 2. The van der Waals surface area contributed by atoms with Crippen molar-refractivity contribution in [1.82, 2.24) is 14.8 Å². The van der Waals surface area contributed by atoms with Crippen molar-refractivity contribution < 1.29 is 14.3 Å². The first-order chi connectivity index (χ1) is 15.5. The van der Waals surface area contributed by atoms with Gasteiger partial charge in [-0.3, -0.25) is 9.59 Å². The molecule has 7 heteroatoms. The van der Waals surface area contributed by atoms with Crippen LogP contribution in [0.15, 0.2) is 53.9 Å². The molecule has 2 aromatic carbocycles. The van der Waals surface area contributed by atoms with Crippen molar-refractivity contribution in [1.29, 1.82) is 0 Å². The van der Waals surface area contributed by atoms with Crippen LogP contribution in [0.5, 0.6) is 5.75 Å². The molecule has 0 atom stereocenters. The summed E-state index contributed by atoms with van der Waals surface area (Å²) in [5, 5.41) is 2.79. The number of rotatable bonds is 6. The third-order valence-corrected chi connectivity index (χ3v) is 6.44. The van der Waals surface area contributed by atoms with Crippen molar-refractivity contribution in [2.45, 2.75) is 20.3 Å². The smallest absolute Gasteiger partial charge is 0.253 e. The number of aryl methyl sites for hydroxylation is 1. The van der Waals surface area contributed by atoms with Crippen LogP contribution in [0, 0.1) is 6.92 Å². The molecule has 1 saturated heterocycles. The van der Waals surface area contributed by atoms with Gasteiger partial charge in [-0.25, -0.2) is 4.98 Å². The maximum absolute atomic E-state index is 12.8. The fraction of sp³-hybridized carbons (Fsp3) is 0.320. The number of carbonyl (C=O) groups is 2. The van der Waals surface area contributed by atoms with Gasteiger partial charge in [-0.1, -0.05) is 29.8 Å². The van der Waals surface area contributed by atoms with Gasteiger partial charge in [0.2, 0.25) is 5.91 Å². The minimum absolute atomic E-state index is 0.0224. The van der Waals surface area contributed by atoms with Crippen LogP contribution in [0.1, 0.15) is 28.5 Å². The summed E-state index contributed by atoms with van der Waals surface area (Å²) in [6.07, 6.45) is 0.263. The summed E-state index contributed by atoms with van der Waals surface area (Å²) in [4.78, 5) is 33.8. The summed E-state index contributed by atoms with van der Waals surface area (Å²) in [5.74, 6) is 0.869. The van der Waals surface area contributed by atoms with Gasteiger partial charge in [0, 0.05) is 37.1 Å². The molecule has 0 saturated carbocycles. The van der Waals surface area contributed by atoms with E-state index < -0.39 is 0 Å². The van der Waals surface area contributed by atoms with Gasteiger partial charge in [0.15, 0.2) is 0 Å². The number of ether oxygens (including phenoxy) is 1. The van der Waals surface area contributed by atoms with E-state index in [0.717, 1.165) is 27.6 Å². The number of piperazine rings is 1. The molecule has 4 rings (SSSR count). The van der Waals surface area contributed by atoms with Gasteiger partial charge in [0.05, 0.1) is 24.3 Å². The van der Waals surface area contributed by atoms with Crippen LogP contribution in [0.4, 0.5) is 0 Å². The molecule has 32 heavy (non-hydrogen) atoms. The molecule has 0 spiro atoms. The zero-order valence-corrected chi connectivity index (χ0v) is 19.2. The van der Waals surface area contributed by atoms with Gasteiger partial charge >= 0.3 is 0 Å². The molecule has 1 aromatic heterocycles. The number of aromatic nitrogens is 1. The van der Waals surface area contributed by atoms with Crippen molar-refractivity contribution in [3.8, 4) is 16.3 Å². The summed E-state index contributed by atoms with van der Waals surface area (Å²) in [5.41, 5.74) is 3.53. The number of para-hydroxylation sites is 1. The van der Waals surface area contributed by atoms with Crippen molar-refractivity contribution in [2.75, 3.05) is 32.8 Å². The second-order valence-corrected chi connectivity index (χ2v) is 8.65. The molecule has 0 N–H and O–H groups in total. The molecule has 1 aliphatic rings. The van der Waals surface area contributed by atoms with E-state index in [1.54, 1.807) is 0 Å². The summed E-state index contributed by atoms with van der Waals surface area (Å²) in [6, 6.07) is 15.4. The molecule has 2 heterocycles. The fourth-order valence-electron chi connectivity index (χ4n) is 3.74. The van der Waals surface area contributed by atoms with Gasteiger partial charge in [0.25, 0.3) is 5.91 Å². The molecule has 0 unspecified atom stereocenters. The Hall–Kier alpha value is -3.19. The Bertz CT molecular complexity index is 1090. The first kappa shape index (κ1) is 22.0. The van der Waals surface area contributed by atoms with Crippen molar-refractivity contribution in [3.63, 3.8) is 0 Å². The normalized spacial score (nSPS) is 13.8. The maximum Gasteiger partial charge on any atom is 0.253 e. The van der Waals surface area contributed by atoms with Crippen molar-refractivity contribution in [2.24, 2.45) is 0 Å². The number of thiazole rings is 1. The van der Waals surface area contributed by atoms with E-state index in [2.05, 4.69) is 4.98 Å². The van der Waals surface area contributed by atoms with Gasteiger partial charge < -0.3 is 14.5 Å². The Morgan fingerprint density at radius 3 is 2.41 bits per heavy atom. The van der Waals surface area contributed by atoms with Gasteiger partial charge in [-0.2, -0.15) is 0 Å². The minimum atomic E-state index is 0.0224. The van der Waals surface area contributed by atoms with E-state index >= 15 is 0 Å². The molecule has 0 bridgehead atoms. The van der Waals surface area contributed by atoms with Crippen molar-refractivity contribution in [3.05, 3.63) is 70.7 Å². The minimum Gasteiger partial charge on any atom is -0.493 e. The zero-order valence-electron chi connectivity index (χ0n) is 18.4. The van der Waals surface area contributed by atoms with E-state index in [0.29, 0.717) is 38.3 Å². The topological polar surface area (TPSA) is 62.7 Å². The second-order valence-electron chi connectivity index (χ2n) is 7.79. The van der Waals surface area contributed by atoms with Crippen LogP contribution < -0.4 is 4.74 Å². The second kappa shape index (κ2) is 9.96. The fourth-order valence-corrected chi connectivity index (χ4v) is 4.59. The predicted octanol–water partition coefficient (Wildman–Crippen LogP) is 4.04. The third-order valence-electron chi connectivity index (χ3n) is 5.52. The molecule has 2 amide bonds. The largest absolute Gasteiger partial charge is 0.493 e. The lowest BCUT2D eigenvalue weighted by atomic mass is 10.1. The van der Waals surface area contributed by atoms with Crippen LogP contribution in [0.2, 0.25) is 0 Å². The number of nitrogens with zero attached hydrogens (tertiary/aromatic N) is 3. The Morgan fingerprint density at radius 2 is 1.69 bits per heavy atom. The van der Waals surface area contributed by atoms with Crippen LogP contribution in [-0.2, 0) is 11.2 Å². The Morgan fingerprint density at radius 1 is 1.00 bits per heavy atom. The Kier molecular flexibility index (Phi) is 6.85. The van der Waals surface area contributed by atoms with E-state index in [-0.39, 0.29) is 18.2 Å². The molecule has 166 valence electrons. The molecule has 1 aliphatic heterocycles. The lowest BCUT2D eigenvalue weighted by Gasteiger charge is -2.34. The summed E-state index contributed by atoms with van der Waals surface area (Å²) >= 11 is 1.52. The lowest BCUT2D eigenvalue weighted by Crippen LogP contribution is -2.51. The number of hydrogen-bond acceptors (Lipinski definition) is 5. The Balaban J connectivity index is 1.34. The van der Waals surface area contributed by atoms with Gasteiger partial charge in [-0.05, 0) is 38.1 Å². The van der Waals surface area contributed by atoms with Gasteiger partial charge in [-0.15, -0.1) is 11.3 Å². The molecular weight excluding hydrogens is 422 g/mol. The maximum atomic E-state index is 12.8. The van der Waals surface area contributed by atoms with Gasteiger partial charge in [0.1, 0.15) is 10.8 Å². The average Bonchev–Trinajstić information content (AvgIpc) is 3.28. The molecular formula is C25H27N3O3S. The molecule has 6 nitrogen and oxygen atoms in total. The lowest BCUT2D eigenvalue weighted by molar-refractivity contribution is -0.132. The number of amides is 2. The van der Waals surface area contributed by atoms with E-state index in [4.69, 9.17) is 4.74 Å². The van der Waals surface area contributed by atoms with E-state index in [1.165, 1.54) is 11.3 Å². The van der Waals surface area contributed by atoms with E-state index in [1.807, 2.05) is 77.6 Å². The van der Waals surface area contributed by atoms with Crippen LogP contribution in [-0.4, -0.2) is 59.4 Å². The molecule has 0 radical (unpaired) electrons. The van der Waals surface area contributed by atoms with Crippen LogP contribution >= 0.6 is 11.3 Å². The number of hydrogen-bond donors (Lipinski definition) is 0. The van der Waals surface area contributed by atoms with Crippen molar-refractivity contribution >= 4 is 23.2 Å². The first-order valence-corrected chi connectivity index (χ1v) is 11.7. The highest BCUT2D eigenvalue weighted by atomic mass is 32.1. The molecule has 0 aliphatic carbocycles. The molecule has 3 aromatic rings. The zero-order chi connectivity index (χ0) is 22.5. The first-order valence-electron chi connectivity index (χ1n) is 10.9. The quantitative estimate of drug-likeness (QED) is 0.570.